The van der Waals surface area contributed by atoms with E-state index in [-0.39, 0.29) is 48.2 Å². The molecular weight excluding hydrogens is 473 g/mol. The Morgan fingerprint density at radius 2 is 1.89 bits per heavy atom. The van der Waals surface area contributed by atoms with E-state index in [9.17, 15) is 9.18 Å². The highest BCUT2D eigenvalue weighted by Gasteiger charge is 2.44. The number of hydrogen-bond acceptors (Lipinski definition) is 7. The lowest BCUT2D eigenvalue weighted by Gasteiger charge is -2.34. The van der Waals surface area contributed by atoms with Gasteiger partial charge in [-0.1, -0.05) is 12.1 Å². The number of anilines is 1. The summed E-state index contributed by atoms with van der Waals surface area (Å²) in [6, 6.07) is 12.2. The number of tetrazole rings is 1. The van der Waals surface area contributed by atoms with E-state index in [1.54, 1.807) is 19.2 Å². The summed E-state index contributed by atoms with van der Waals surface area (Å²) in [5.41, 5.74) is 2.58. The largest absolute Gasteiger partial charge is 0.489 e. The second kappa shape index (κ2) is 11.0. The second-order valence-corrected chi connectivity index (χ2v) is 8.91. The third-order valence-electron chi connectivity index (χ3n) is 6.35. The van der Waals surface area contributed by atoms with Crippen LogP contribution in [0, 0.1) is 11.7 Å². The lowest BCUT2D eigenvalue weighted by Crippen LogP contribution is -2.37. The molecule has 188 valence electrons. The number of nitrogens with zero attached hydrogens (tertiary/aromatic N) is 5. The quantitative estimate of drug-likeness (QED) is 0.442. The van der Waals surface area contributed by atoms with Gasteiger partial charge in [-0.15, -0.1) is 22.6 Å². The van der Waals surface area contributed by atoms with Gasteiger partial charge in [0.1, 0.15) is 11.6 Å². The number of likely N-dealkylation sites (N-methyl/N-ethyl adjacent to an activating group) is 1. The van der Waals surface area contributed by atoms with Gasteiger partial charge in [-0.2, -0.15) is 4.80 Å². The number of ether oxygens (including phenoxy) is 2. The summed E-state index contributed by atoms with van der Waals surface area (Å²) in [5, 5.41) is 12.4. The summed E-state index contributed by atoms with van der Waals surface area (Å²) in [4.78, 5) is 16.2. The predicted octanol–water partition coefficient (Wildman–Crippen LogP) is 4.40. The normalized spacial score (nSPS) is 19.3. The minimum absolute atomic E-state index is 0. The third kappa shape index (κ3) is 5.56. The maximum atomic E-state index is 13.7. The summed E-state index contributed by atoms with van der Waals surface area (Å²) in [6.07, 6.45) is 1.43. The lowest BCUT2D eigenvalue weighted by molar-refractivity contribution is -0.145. The van der Waals surface area contributed by atoms with Crippen LogP contribution in [0.3, 0.4) is 0 Å². The third-order valence-corrected chi connectivity index (χ3v) is 6.35. The van der Waals surface area contributed by atoms with Gasteiger partial charge in [-0.25, -0.2) is 4.39 Å². The van der Waals surface area contributed by atoms with Gasteiger partial charge in [0.05, 0.1) is 31.9 Å². The van der Waals surface area contributed by atoms with Crippen LogP contribution < -0.4 is 9.64 Å². The molecule has 35 heavy (non-hydrogen) atoms. The molecule has 8 nitrogen and oxygen atoms in total. The van der Waals surface area contributed by atoms with Crippen molar-refractivity contribution in [1.29, 1.82) is 0 Å². The molecule has 0 radical (unpaired) electrons. The van der Waals surface area contributed by atoms with Crippen molar-refractivity contribution in [3.63, 3.8) is 0 Å². The Morgan fingerprint density at radius 1 is 1.17 bits per heavy atom. The molecule has 0 bridgehead atoms. The van der Waals surface area contributed by atoms with Crippen LogP contribution in [0.2, 0.25) is 0 Å². The Kier molecular flexibility index (Phi) is 8.32. The summed E-state index contributed by atoms with van der Waals surface area (Å²) in [7, 11) is 5.13. The molecule has 10 heteroatoms. The van der Waals surface area contributed by atoms with E-state index in [1.807, 2.05) is 39.1 Å². The molecule has 0 N–H and O–H groups in total. The maximum Gasteiger partial charge on any atom is 0.309 e. The molecule has 2 aromatic carbocycles. The highest BCUT2D eigenvalue weighted by molar-refractivity contribution is 5.85. The van der Waals surface area contributed by atoms with Gasteiger partial charge in [-0.3, -0.25) is 4.79 Å². The van der Waals surface area contributed by atoms with Crippen LogP contribution in [-0.2, 0) is 16.6 Å². The average Bonchev–Trinajstić information content (AvgIpc) is 3.45. The monoisotopic (exact) mass is 503 g/mol. The number of aryl methyl sites for hydroxylation is 1. The minimum atomic E-state index is -0.317. The van der Waals surface area contributed by atoms with Crippen molar-refractivity contribution in [3.8, 4) is 17.1 Å². The van der Waals surface area contributed by atoms with Crippen LogP contribution in [0.25, 0.3) is 11.4 Å². The number of carbonyl (C=O) groups is 1. The Labute approximate surface area is 210 Å². The molecule has 3 atom stereocenters. The highest BCUT2D eigenvalue weighted by Crippen LogP contribution is 2.46. The van der Waals surface area contributed by atoms with E-state index >= 15 is 0 Å². The van der Waals surface area contributed by atoms with E-state index in [1.165, 1.54) is 24.0 Å². The zero-order valence-electron chi connectivity index (χ0n) is 20.5. The molecule has 0 saturated heterocycles. The average molecular weight is 504 g/mol. The fraction of sp³-hybridized carbons (Fsp3) is 0.440. The Bertz CT molecular complexity index is 1150. The smallest absolute Gasteiger partial charge is 0.309 e. The fourth-order valence-electron chi connectivity index (χ4n) is 4.83. The number of rotatable bonds is 7. The van der Waals surface area contributed by atoms with Crippen LogP contribution in [0.1, 0.15) is 38.2 Å². The first-order chi connectivity index (χ1) is 16.3. The van der Waals surface area contributed by atoms with E-state index < -0.39 is 0 Å². The molecule has 1 saturated carbocycles. The van der Waals surface area contributed by atoms with E-state index in [4.69, 9.17) is 9.47 Å². The van der Waals surface area contributed by atoms with Crippen LogP contribution >= 0.6 is 12.4 Å². The van der Waals surface area contributed by atoms with E-state index in [0.29, 0.717) is 12.2 Å². The second-order valence-electron chi connectivity index (χ2n) is 8.91. The van der Waals surface area contributed by atoms with Crippen molar-refractivity contribution in [2.24, 2.45) is 13.0 Å². The topological polar surface area (TPSA) is 82.4 Å². The zero-order chi connectivity index (χ0) is 24.4. The molecule has 4 rings (SSSR count). The van der Waals surface area contributed by atoms with E-state index in [0.717, 1.165) is 29.0 Å². The zero-order valence-corrected chi connectivity index (χ0v) is 21.3. The van der Waals surface area contributed by atoms with Gasteiger partial charge >= 0.3 is 5.97 Å². The molecule has 0 spiro atoms. The molecule has 0 unspecified atom stereocenters. The van der Waals surface area contributed by atoms with E-state index in [2.05, 4.69) is 20.3 Å². The first-order valence-corrected chi connectivity index (χ1v) is 11.4. The number of halogens is 2. The maximum absolute atomic E-state index is 13.7. The summed E-state index contributed by atoms with van der Waals surface area (Å²) < 4.78 is 24.9. The molecule has 0 amide bonds. The fourth-order valence-corrected chi connectivity index (χ4v) is 4.83. The van der Waals surface area contributed by atoms with Crippen LogP contribution in [0.5, 0.6) is 5.75 Å². The summed E-state index contributed by atoms with van der Waals surface area (Å²) in [6.45, 7) is 3.96. The SMILES string of the molecule is COC(=O)[C@H]1CC[C@H](N(C)c2cc(-c3nnn(C)n3)ccc2OC(C)C)[C@@H]1c1ccc(F)cc1.Cl. The van der Waals surface area contributed by atoms with Crippen molar-refractivity contribution in [2.45, 2.75) is 44.8 Å². The van der Waals surface area contributed by atoms with Crippen molar-refractivity contribution in [2.75, 3.05) is 19.1 Å². The number of hydrogen-bond donors (Lipinski definition) is 0. The minimum Gasteiger partial charge on any atom is -0.489 e. The summed E-state index contributed by atoms with van der Waals surface area (Å²) in [5.74, 6) is 0.205. The van der Waals surface area contributed by atoms with Crippen molar-refractivity contribution < 1.29 is 18.7 Å². The molecule has 1 heterocycles. The molecular formula is C25H31ClFN5O3. The molecule has 3 aromatic rings. The molecule has 1 aromatic heterocycles. The molecule has 1 fully saturated rings. The molecule has 1 aliphatic rings. The van der Waals surface area contributed by atoms with Gasteiger partial charge in [-0.05, 0) is 67.8 Å². The standard InChI is InChI=1S/C25H30FN5O3.ClH/c1-15(2)34-22-13-8-17(24-27-29-31(4)28-24)14-21(22)30(3)20-12-11-19(25(32)33-5)23(20)16-6-9-18(26)10-7-16;/h6-10,13-15,19-20,23H,11-12H2,1-5H3;1H/t19-,20-,23+;/m0./s1. The van der Waals surface area contributed by atoms with Gasteiger partial charge in [0.15, 0.2) is 0 Å². The highest BCUT2D eigenvalue weighted by atomic mass is 35.5. The van der Waals surface area contributed by atoms with Crippen LogP contribution in [0.4, 0.5) is 10.1 Å². The Hall–Kier alpha value is -3.20. The lowest BCUT2D eigenvalue weighted by atomic mass is 9.85. The Morgan fingerprint density at radius 3 is 2.49 bits per heavy atom. The molecule has 0 aliphatic heterocycles. The first-order valence-electron chi connectivity index (χ1n) is 11.4. The van der Waals surface area contributed by atoms with Gasteiger partial charge in [0.25, 0.3) is 0 Å². The summed E-state index contributed by atoms with van der Waals surface area (Å²) >= 11 is 0. The number of carbonyl (C=O) groups excluding carboxylic acids is 1. The van der Waals surface area contributed by atoms with Gasteiger partial charge < -0.3 is 14.4 Å². The number of aromatic nitrogens is 4. The number of benzene rings is 2. The van der Waals surface area contributed by atoms with Crippen LogP contribution in [-0.4, -0.2) is 52.5 Å². The van der Waals surface area contributed by atoms with Crippen molar-refractivity contribution in [1.82, 2.24) is 20.2 Å². The number of esters is 1. The van der Waals surface area contributed by atoms with Crippen LogP contribution in [0.15, 0.2) is 42.5 Å². The molecule has 1 aliphatic carbocycles. The Balaban J connectivity index is 0.00000342. The number of methoxy groups -OCH3 is 1. The van der Waals surface area contributed by atoms with Gasteiger partial charge in [0, 0.05) is 24.6 Å². The predicted molar refractivity (Wildman–Crippen MR) is 133 cm³/mol. The first kappa shape index (κ1) is 26.4. The van der Waals surface area contributed by atoms with Crippen molar-refractivity contribution >= 4 is 24.1 Å². The van der Waals surface area contributed by atoms with Crippen molar-refractivity contribution in [3.05, 3.63) is 53.8 Å². The van der Waals surface area contributed by atoms with Gasteiger partial charge in [0.2, 0.25) is 5.82 Å².